The Labute approximate surface area is 135 Å². The van der Waals surface area contributed by atoms with Crippen molar-refractivity contribution in [2.24, 2.45) is 0 Å². The number of carbonyl (C=O) groups is 1. The molecule has 3 aromatic rings. The van der Waals surface area contributed by atoms with Crippen molar-refractivity contribution in [2.75, 3.05) is 7.11 Å². The van der Waals surface area contributed by atoms with Gasteiger partial charge < -0.3 is 9.30 Å². The first-order valence-corrected chi connectivity index (χ1v) is 7.48. The fourth-order valence-electron chi connectivity index (χ4n) is 2.66. The molecule has 0 saturated carbocycles. The van der Waals surface area contributed by atoms with Gasteiger partial charge in [0.1, 0.15) is 11.8 Å². The number of hydrogen-bond acceptors (Lipinski definition) is 3. The van der Waals surface area contributed by atoms with Crippen molar-refractivity contribution in [3.63, 3.8) is 0 Å². The van der Waals surface area contributed by atoms with Gasteiger partial charge in [0.2, 0.25) is 0 Å². The van der Waals surface area contributed by atoms with Crippen molar-refractivity contribution < 1.29 is 9.53 Å². The van der Waals surface area contributed by atoms with Gasteiger partial charge in [0.25, 0.3) is 0 Å². The standard InChI is InChI=1S/C19H18N2O2/c1-23-18-10-6-5-9-16(18)13-17(21-12-11-20-14-21)19(22)15-7-3-2-4-8-15/h2-12,14,17H,13H2,1H3. The van der Waals surface area contributed by atoms with Crippen LogP contribution in [0.5, 0.6) is 5.75 Å². The Morgan fingerprint density at radius 2 is 1.87 bits per heavy atom. The molecule has 1 heterocycles. The van der Waals surface area contributed by atoms with Gasteiger partial charge >= 0.3 is 0 Å². The maximum atomic E-state index is 13.0. The number of ether oxygens (including phenoxy) is 1. The number of rotatable bonds is 6. The summed E-state index contributed by atoms with van der Waals surface area (Å²) in [5.74, 6) is 0.855. The summed E-state index contributed by atoms with van der Waals surface area (Å²) < 4.78 is 7.26. The summed E-state index contributed by atoms with van der Waals surface area (Å²) in [4.78, 5) is 17.0. The van der Waals surface area contributed by atoms with Crippen LogP contribution >= 0.6 is 0 Å². The van der Waals surface area contributed by atoms with Gasteiger partial charge in [0, 0.05) is 24.4 Å². The van der Waals surface area contributed by atoms with E-state index < -0.39 is 0 Å². The molecule has 0 radical (unpaired) electrons. The molecule has 23 heavy (non-hydrogen) atoms. The van der Waals surface area contributed by atoms with E-state index in [-0.39, 0.29) is 11.8 Å². The lowest BCUT2D eigenvalue weighted by Crippen LogP contribution is -2.21. The van der Waals surface area contributed by atoms with Crippen LogP contribution < -0.4 is 4.74 Å². The number of Topliss-reactive ketones (excluding diaryl/α,β-unsaturated/α-hetero) is 1. The molecule has 3 rings (SSSR count). The van der Waals surface area contributed by atoms with Gasteiger partial charge in [0.05, 0.1) is 13.4 Å². The van der Waals surface area contributed by atoms with Gasteiger partial charge in [-0.15, -0.1) is 0 Å². The zero-order valence-corrected chi connectivity index (χ0v) is 12.9. The van der Waals surface area contributed by atoms with Crippen LogP contribution in [0.15, 0.2) is 73.3 Å². The van der Waals surface area contributed by atoms with Crippen LogP contribution in [0.25, 0.3) is 0 Å². The van der Waals surface area contributed by atoms with Crippen molar-refractivity contribution in [3.05, 3.63) is 84.4 Å². The molecule has 4 nitrogen and oxygen atoms in total. The number of aromatic nitrogens is 2. The molecule has 0 N–H and O–H groups in total. The zero-order valence-electron chi connectivity index (χ0n) is 12.9. The molecular formula is C19H18N2O2. The lowest BCUT2D eigenvalue weighted by molar-refractivity contribution is 0.0924. The summed E-state index contributed by atoms with van der Waals surface area (Å²) in [6.45, 7) is 0. The molecule has 1 unspecified atom stereocenters. The van der Waals surface area contributed by atoms with Crippen LogP contribution in [0.4, 0.5) is 0 Å². The summed E-state index contributed by atoms with van der Waals surface area (Å²) in [7, 11) is 1.64. The molecule has 0 saturated heterocycles. The minimum absolute atomic E-state index is 0.0644. The molecule has 0 fully saturated rings. The van der Waals surface area contributed by atoms with Crippen molar-refractivity contribution in [3.8, 4) is 5.75 Å². The second-order valence-corrected chi connectivity index (χ2v) is 5.27. The van der Waals surface area contributed by atoms with Crippen molar-refractivity contribution in [2.45, 2.75) is 12.5 Å². The molecule has 1 atom stereocenters. The maximum Gasteiger partial charge on any atom is 0.185 e. The predicted octanol–water partition coefficient (Wildman–Crippen LogP) is 3.56. The van der Waals surface area contributed by atoms with E-state index in [9.17, 15) is 4.79 Å². The van der Waals surface area contributed by atoms with Crippen LogP contribution in [-0.4, -0.2) is 22.4 Å². The van der Waals surface area contributed by atoms with Crippen LogP contribution in [0, 0.1) is 0 Å². The predicted molar refractivity (Wildman–Crippen MR) is 88.7 cm³/mol. The van der Waals surface area contributed by atoms with Gasteiger partial charge in [-0.05, 0) is 11.6 Å². The molecule has 2 aromatic carbocycles. The third-order valence-corrected chi connectivity index (χ3v) is 3.85. The lowest BCUT2D eigenvalue weighted by Gasteiger charge is -2.19. The third kappa shape index (κ3) is 3.31. The number of nitrogens with zero attached hydrogens (tertiary/aromatic N) is 2. The number of benzene rings is 2. The monoisotopic (exact) mass is 306 g/mol. The largest absolute Gasteiger partial charge is 0.496 e. The molecular weight excluding hydrogens is 288 g/mol. The van der Waals surface area contributed by atoms with E-state index >= 15 is 0 Å². The minimum Gasteiger partial charge on any atom is -0.496 e. The van der Waals surface area contributed by atoms with Gasteiger partial charge in [-0.25, -0.2) is 4.98 Å². The number of para-hydroxylation sites is 1. The maximum absolute atomic E-state index is 13.0. The smallest absolute Gasteiger partial charge is 0.185 e. The highest BCUT2D eigenvalue weighted by Crippen LogP contribution is 2.25. The highest BCUT2D eigenvalue weighted by Gasteiger charge is 2.23. The summed E-state index contributed by atoms with van der Waals surface area (Å²) in [5, 5.41) is 0. The van der Waals surface area contributed by atoms with Gasteiger partial charge in [0.15, 0.2) is 5.78 Å². The quantitative estimate of drug-likeness (QED) is 0.654. The Bertz CT molecular complexity index is 767. The topological polar surface area (TPSA) is 44.1 Å². The molecule has 0 spiro atoms. The van der Waals surface area contributed by atoms with Crippen LogP contribution in [0.1, 0.15) is 22.0 Å². The summed E-state index contributed by atoms with van der Waals surface area (Å²) in [6, 6.07) is 16.8. The van der Waals surface area contributed by atoms with Gasteiger partial charge in [-0.2, -0.15) is 0 Å². The molecule has 0 aliphatic carbocycles. The Morgan fingerprint density at radius 3 is 2.57 bits per heavy atom. The van der Waals surface area contributed by atoms with Crippen LogP contribution in [0.3, 0.4) is 0 Å². The Balaban J connectivity index is 1.95. The zero-order chi connectivity index (χ0) is 16.1. The lowest BCUT2D eigenvalue weighted by atomic mass is 9.97. The van der Waals surface area contributed by atoms with Gasteiger partial charge in [-0.3, -0.25) is 4.79 Å². The van der Waals surface area contributed by atoms with E-state index in [4.69, 9.17) is 4.74 Å². The average molecular weight is 306 g/mol. The Kier molecular flexibility index (Phi) is 4.52. The second-order valence-electron chi connectivity index (χ2n) is 5.27. The SMILES string of the molecule is COc1ccccc1CC(C(=O)c1ccccc1)n1ccnc1. The van der Waals surface area contributed by atoms with Crippen LogP contribution in [-0.2, 0) is 6.42 Å². The Morgan fingerprint density at radius 1 is 1.13 bits per heavy atom. The second kappa shape index (κ2) is 6.92. The normalized spacial score (nSPS) is 11.9. The number of imidazole rings is 1. The Hall–Kier alpha value is -2.88. The highest BCUT2D eigenvalue weighted by atomic mass is 16.5. The first-order chi connectivity index (χ1) is 11.3. The third-order valence-electron chi connectivity index (χ3n) is 3.85. The summed E-state index contributed by atoms with van der Waals surface area (Å²) in [5.41, 5.74) is 1.69. The van der Waals surface area contributed by atoms with E-state index in [0.717, 1.165) is 11.3 Å². The van der Waals surface area contributed by atoms with E-state index in [1.807, 2.05) is 65.4 Å². The van der Waals surface area contributed by atoms with E-state index in [0.29, 0.717) is 12.0 Å². The first kappa shape index (κ1) is 15.0. The van der Waals surface area contributed by atoms with E-state index in [1.54, 1.807) is 19.6 Å². The fourth-order valence-corrected chi connectivity index (χ4v) is 2.66. The molecule has 116 valence electrons. The summed E-state index contributed by atoms with van der Waals surface area (Å²) >= 11 is 0. The molecule has 0 aliphatic heterocycles. The van der Waals surface area contributed by atoms with Crippen LogP contribution in [0.2, 0.25) is 0 Å². The van der Waals surface area contributed by atoms with E-state index in [1.165, 1.54) is 0 Å². The number of methoxy groups -OCH3 is 1. The van der Waals surface area contributed by atoms with Crippen molar-refractivity contribution in [1.29, 1.82) is 0 Å². The summed E-state index contributed by atoms with van der Waals surface area (Å²) in [6.07, 6.45) is 5.74. The molecule has 1 aromatic heterocycles. The number of ketones is 1. The molecule has 4 heteroatoms. The number of hydrogen-bond donors (Lipinski definition) is 0. The molecule has 0 aliphatic rings. The minimum atomic E-state index is -0.351. The first-order valence-electron chi connectivity index (χ1n) is 7.48. The average Bonchev–Trinajstić information content (AvgIpc) is 3.14. The number of carbonyl (C=O) groups excluding carboxylic acids is 1. The molecule has 0 bridgehead atoms. The molecule has 0 amide bonds. The van der Waals surface area contributed by atoms with Gasteiger partial charge in [-0.1, -0.05) is 48.5 Å². The fraction of sp³-hybridized carbons (Fsp3) is 0.158. The van der Waals surface area contributed by atoms with Crippen molar-refractivity contribution in [1.82, 2.24) is 9.55 Å². The van der Waals surface area contributed by atoms with Crippen molar-refractivity contribution >= 4 is 5.78 Å². The van der Waals surface area contributed by atoms with E-state index in [2.05, 4.69) is 4.98 Å². The highest BCUT2D eigenvalue weighted by molar-refractivity contribution is 5.99.